The van der Waals surface area contributed by atoms with Crippen LogP contribution in [0.3, 0.4) is 0 Å². The van der Waals surface area contributed by atoms with Crippen LogP contribution in [-0.4, -0.2) is 31.6 Å². The van der Waals surface area contributed by atoms with E-state index in [0.717, 1.165) is 24.4 Å². The monoisotopic (exact) mass is 262 g/mol. The molecule has 0 aromatic heterocycles. The molecule has 0 bridgehead atoms. The van der Waals surface area contributed by atoms with Crippen LogP contribution in [-0.2, 0) is 4.79 Å². The molecule has 0 saturated carbocycles. The predicted octanol–water partition coefficient (Wildman–Crippen LogP) is 2.19. The van der Waals surface area contributed by atoms with Gasteiger partial charge in [-0.3, -0.25) is 4.79 Å². The van der Waals surface area contributed by atoms with Crippen LogP contribution in [0, 0.1) is 0 Å². The number of hydrogen-bond acceptors (Lipinski definition) is 3. The number of para-hydroxylation sites is 2. The van der Waals surface area contributed by atoms with Gasteiger partial charge in [-0.2, -0.15) is 0 Å². The molecule has 2 rings (SSSR count). The normalized spacial score (nSPS) is 14.2. The lowest BCUT2D eigenvalue weighted by Crippen LogP contribution is -2.38. The van der Waals surface area contributed by atoms with Gasteiger partial charge in [-0.1, -0.05) is 26.0 Å². The Labute approximate surface area is 114 Å². The van der Waals surface area contributed by atoms with E-state index in [-0.39, 0.29) is 5.91 Å². The fraction of sp³-hybridized carbons (Fsp3) is 0.533. The molecule has 19 heavy (non-hydrogen) atoms. The summed E-state index contributed by atoms with van der Waals surface area (Å²) in [6, 6.07) is 8.20. The van der Waals surface area contributed by atoms with Gasteiger partial charge in [0.1, 0.15) is 12.4 Å². The van der Waals surface area contributed by atoms with Crippen LogP contribution in [0.2, 0.25) is 0 Å². The van der Waals surface area contributed by atoms with Crippen LogP contribution in [0.25, 0.3) is 0 Å². The molecule has 1 aromatic rings. The number of benzene rings is 1. The third-order valence-electron chi connectivity index (χ3n) is 3.15. The molecule has 104 valence electrons. The van der Waals surface area contributed by atoms with Gasteiger partial charge < -0.3 is 15.0 Å². The molecule has 0 atom stereocenters. The van der Waals surface area contributed by atoms with E-state index in [4.69, 9.17) is 4.74 Å². The van der Waals surface area contributed by atoms with Crippen LogP contribution in [0.1, 0.15) is 26.7 Å². The Bertz CT molecular complexity index is 432. The quantitative estimate of drug-likeness (QED) is 0.827. The van der Waals surface area contributed by atoms with Crippen LogP contribution in [0.15, 0.2) is 24.3 Å². The van der Waals surface area contributed by atoms with E-state index in [9.17, 15) is 4.79 Å². The molecule has 0 unspecified atom stereocenters. The maximum atomic E-state index is 12.2. The lowest BCUT2D eigenvalue weighted by molar-refractivity contribution is -0.119. The number of fused-ring (bicyclic) bond motifs is 1. The highest BCUT2D eigenvalue weighted by molar-refractivity contribution is 5.95. The number of hydrogen-bond donors (Lipinski definition) is 1. The van der Waals surface area contributed by atoms with Crippen LogP contribution in [0.4, 0.5) is 5.69 Å². The summed E-state index contributed by atoms with van der Waals surface area (Å²) in [4.78, 5) is 14.1. The van der Waals surface area contributed by atoms with Gasteiger partial charge in [0.15, 0.2) is 0 Å². The van der Waals surface area contributed by atoms with Crippen LogP contribution >= 0.6 is 0 Å². The molecular formula is C15H22N2O2. The van der Waals surface area contributed by atoms with E-state index in [1.54, 1.807) is 0 Å². The number of carbonyl (C=O) groups excluding carboxylic acids is 1. The largest absolute Gasteiger partial charge is 0.490 e. The SMILES string of the molecule is CC(C)NCCCC(=O)N1CCOc2ccccc21. The third-order valence-corrected chi connectivity index (χ3v) is 3.15. The van der Waals surface area contributed by atoms with Gasteiger partial charge in [0, 0.05) is 12.5 Å². The maximum absolute atomic E-state index is 12.2. The molecule has 0 spiro atoms. The number of nitrogens with zero attached hydrogens (tertiary/aromatic N) is 1. The Morgan fingerprint density at radius 3 is 3.00 bits per heavy atom. The number of rotatable bonds is 5. The molecule has 1 aliphatic heterocycles. The van der Waals surface area contributed by atoms with Crippen molar-refractivity contribution in [2.75, 3.05) is 24.6 Å². The van der Waals surface area contributed by atoms with E-state index < -0.39 is 0 Å². The van der Waals surface area contributed by atoms with Crippen molar-refractivity contribution in [1.82, 2.24) is 5.32 Å². The summed E-state index contributed by atoms with van der Waals surface area (Å²) >= 11 is 0. The van der Waals surface area contributed by atoms with Gasteiger partial charge in [-0.05, 0) is 25.1 Å². The zero-order valence-electron chi connectivity index (χ0n) is 11.7. The standard InChI is InChI=1S/C15H22N2O2/c1-12(2)16-9-5-8-15(18)17-10-11-19-14-7-4-3-6-13(14)17/h3-4,6-7,12,16H,5,8-11H2,1-2H3. The Morgan fingerprint density at radius 1 is 1.42 bits per heavy atom. The number of ether oxygens (including phenoxy) is 1. The minimum atomic E-state index is 0.182. The minimum Gasteiger partial charge on any atom is -0.490 e. The van der Waals surface area contributed by atoms with Gasteiger partial charge in [0.2, 0.25) is 5.91 Å². The Balaban J connectivity index is 1.90. The number of carbonyl (C=O) groups is 1. The highest BCUT2D eigenvalue weighted by Crippen LogP contribution is 2.31. The summed E-state index contributed by atoms with van der Waals surface area (Å²) in [5, 5.41) is 3.33. The first-order valence-electron chi connectivity index (χ1n) is 6.94. The molecule has 1 aliphatic rings. The van der Waals surface area contributed by atoms with Crippen LogP contribution in [0.5, 0.6) is 5.75 Å². The molecule has 0 aliphatic carbocycles. The molecule has 0 fully saturated rings. The van der Waals surface area contributed by atoms with E-state index in [0.29, 0.717) is 25.6 Å². The smallest absolute Gasteiger partial charge is 0.227 e. The van der Waals surface area contributed by atoms with Crippen molar-refractivity contribution in [3.8, 4) is 5.75 Å². The van der Waals surface area contributed by atoms with E-state index >= 15 is 0 Å². The first kappa shape index (κ1) is 13.9. The van der Waals surface area contributed by atoms with Gasteiger partial charge >= 0.3 is 0 Å². The third kappa shape index (κ3) is 3.70. The summed E-state index contributed by atoms with van der Waals surface area (Å²) in [7, 11) is 0. The second-order valence-electron chi connectivity index (χ2n) is 5.07. The van der Waals surface area contributed by atoms with Gasteiger partial charge in [-0.25, -0.2) is 0 Å². The molecule has 1 heterocycles. The number of nitrogens with one attached hydrogen (secondary N) is 1. The highest BCUT2D eigenvalue weighted by Gasteiger charge is 2.22. The summed E-state index contributed by atoms with van der Waals surface area (Å²) < 4.78 is 5.55. The predicted molar refractivity (Wildman–Crippen MR) is 76.7 cm³/mol. The fourth-order valence-corrected chi connectivity index (χ4v) is 2.19. The molecule has 1 N–H and O–H groups in total. The maximum Gasteiger partial charge on any atom is 0.227 e. The molecule has 4 heteroatoms. The van der Waals surface area contributed by atoms with Crippen molar-refractivity contribution in [2.24, 2.45) is 0 Å². The summed E-state index contributed by atoms with van der Waals surface area (Å²) in [6.07, 6.45) is 1.45. The van der Waals surface area contributed by atoms with E-state index in [1.165, 1.54) is 0 Å². The first-order valence-corrected chi connectivity index (χ1v) is 6.94. The van der Waals surface area contributed by atoms with E-state index in [2.05, 4.69) is 19.2 Å². The van der Waals surface area contributed by atoms with Crippen molar-refractivity contribution in [1.29, 1.82) is 0 Å². The van der Waals surface area contributed by atoms with Crippen molar-refractivity contribution >= 4 is 11.6 Å². The first-order chi connectivity index (χ1) is 9.18. The van der Waals surface area contributed by atoms with Crippen molar-refractivity contribution in [3.05, 3.63) is 24.3 Å². The highest BCUT2D eigenvalue weighted by atomic mass is 16.5. The average Bonchev–Trinajstić information content (AvgIpc) is 2.42. The Kier molecular flexibility index (Phi) is 4.80. The molecule has 1 aromatic carbocycles. The van der Waals surface area contributed by atoms with Crippen molar-refractivity contribution < 1.29 is 9.53 Å². The second-order valence-corrected chi connectivity index (χ2v) is 5.07. The molecule has 0 radical (unpaired) electrons. The zero-order valence-corrected chi connectivity index (χ0v) is 11.7. The molecular weight excluding hydrogens is 240 g/mol. The lowest BCUT2D eigenvalue weighted by Gasteiger charge is -2.29. The van der Waals surface area contributed by atoms with Crippen molar-refractivity contribution in [3.63, 3.8) is 0 Å². The summed E-state index contributed by atoms with van der Waals surface area (Å²) in [5.41, 5.74) is 0.899. The molecule has 4 nitrogen and oxygen atoms in total. The van der Waals surface area contributed by atoms with Crippen LogP contribution < -0.4 is 15.0 Å². The lowest BCUT2D eigenvalue weighted by atomic mass is 10.2. The molecule has 1 amide bonds. The minimum absolute atomic E-state index is 0.182. The summed E-state index contributed by atoms with van der Waals surface area (Å²) in [5.74, 6) is 0.990. The topological polar surface area (TPSA) is 41.6 Å². The molecule has 0 saturated heterocycles. The van der Waals surface area contributed by atoms with Gasteiger partial charge in [-0.15, -0.1) is 0 Å². The van der Waals surface area contributed by atoms with Crippen molar-refractivity contribution in [2.45, 2.75) is 32.7 Å². The average molecular weight is 262 g/mol. The van der Waals surface area contributed by atoms with Gasteiger partial charge in [0.25, 0.3) is 0 Å². The zero-order chi connectivity index (χ0) is 13.7. The Hall–Kier alpha value is -1.55. The second kappa shape index (κ2) is 6.57. The Morgan fingerprint density at radius 2 is 2.21 bits per heavy atom. The van der Waals surface area contributed by atoms with E-state index in [1.807, 2.05) is 29.2 Å². The number of anilines is 1. The fourth-order valence-electron chi connectivity index (χ4n) is 2.19. The number of amides is 1. The summed E-state index contributed by atoms with van der Waals surface area (Å²) in [6.45, 7) is 6.33. The van der Waals surface area contributed by atoms with Gasteiger partial charge in [0.05, 0.1) is 12.2 Å².